The zero-order valence-electron chi connectivity index (χ0n) is 30.1. The van der Waals surface area contributed by atoms with Gasteiger partial charge in [0.25, 0.3) is 0 Å². The molecule has 0 fully saturated rings. The van der Waals surface area contributed by atoms with Crippen LogP contribution in [0.4, 0.5) is 5.69 Å². The van der Waals surface area contributed by atoms with Gasteiger partial charge in [-0.25, -0.2) is 34.7 Å². The lowest BCUT2D eigenvalue weighted by atomic mass is 9.97. The molecule has 11 heteroatoms. The lowest BCUT2D eigenvalue weighted by Crippen LogP contribution is -2.05. The summed E-state index contributed by atoms with van der Waals surface area (Å²) in [7, 11) is 0. The highest BCUT2D eigenvalue weighted by molar-refractivity contribution is 6.12. The zero-order valence-corrected chi connectivity index (χ0v) is 30.1. The summed E-state index contributed by atoms with van der Waals surface area (Å²) >= 11 is 0. The second-order valence-corrected chi connectivity index (χ2v) is 13.0. The molecule has 0 aliphatic heterocycles. The van der Waals surface area contributed by atoms with E-state index in [1.807, 2.05) is 88.4 Å². The average Bonchev–Trinajstić information content (AvgIpc) is 3.51. The number of aromatic nitrogens is 7. The van der Waals surface area contributed by atoms with E-state index in [2.05, 4.69) is 47.6 Å². The molecule has 0 unspecified atom stereocenters. The van der Waals surface area contributed by atoms with E-state index in [9.17, 15) is 15.8 Å². The third kappa shape index (κ3) is 6.05. The molecule has 0 bridgehead atoms. The Morgan fingerprint density at radius 3 is 1.60 bits per heavy atom. The Morgan fingerprint density at radius 2 is 1.04 bits per heavy atom. The smallest absolute Gasteiger partial charge is 0.196 e. The Bertz CT molecular complexity index is 2920. The molecule has 3 aromatic heterocycles. The molecule has 8 aromatic rings. The molecule has 0 saturated carbocycles. The first-order valence-electron chi connectivity index (χ1n) is 17.2. The van der Waals surface area contributed by atoms with Crippen molar-refractivity contribution in [3.63, 3.8) is 0 Å². The summed E-state index contributed by atoms with van der Waals surface area (Å²) in [6.45, 7) is 15.2. The van der Waals surface area contributed by atoms with Crippen molar-refractivity contribution in [2.45, 2.75) is 27.7 Å². The molecule has 0 radical (unpaired) electrons. The van der Waals surface area contributed by atoms with Crippen LogP contribution in [0.25, 0.3) is 77.4 Å². The Morgan fingerprint density at radius 1 is 0.509 bits per heavy atom. The minimum atomic E-state index is 0.373. The molecule has 0 aliphatic carbocycles. The van der Waals surface area contributed by atoms with Crippen LogP contribution in [-0.4, -0.2) is 34.5 Å². The fraction of sp³-hybridized carbons (Fsp3) is 0.0909. The number of hydrogen-bond donors (Lipinski definition) is 0. The van der Waals surface area contributed by atoms with E-state index < -0.39 is 0 Å². The topological polar surface area (TPSA) is 158 Å². The molecule has 3 heterocycles. The molecular formula is C44H27N11. The highest BCUT2D eigenvalue weighted by atomic mass is 15.1. The van der Waals surface area contributed by atoms with Gasteiger partial charge < -0.3 is 4.57 Å². The maximum atomic E-state index is 10.1. The molecule has 55 heavy (non-hydrogen) atoms. The van der Waals surface area contributed by atoms with Gasteiger partial charge in [-0.05, 0) is 105 Å². The summed E-state index contributed by atoms with van der Waals surface area (Å²) < 4.78 is 2.14. The summed E-state index contributed by atoms with van der Waals surface area (Å²) in [5, 5.41) is 31.0. The second-order valence-electron chi connectivity index (χ2n) is 13.0. The highest BCUT2D eigenvalue weighted by Gasteiger charge is 2.21. The van der Waals surface area contributed by atoms with E-state index in [1.165, 1.54) is 0 Å². The third-order valence-electron chi connectivity index (χ3n) is 9.36. The van der Waals surface area contributed by atoms with E-state index in [-0.39, 0.29) is 0 Å². The predicted molar refractivity (Wildman–Crippen MR) is 209 cm³/mol. The molecular weight excluding hydrogens is 683 g/mol. The zero-order chi connectivity index (χ0) is 38.4. The molecule has 5 aromatic carbocycles. The van der Waals surface area contributed by atoms with Gasteiger partial charge in [0.05, 0.1) is 52.6 Å². The van der Waals surface area contributed by atoms with E-state index in [0.29, 0.717) is 74.0 Å². The van der Waals surface area contributed by atoms with E-state index >= 15 is 0 Å². The summed E-state index contributed by atoms with van der Waals surface area (Å²) in [6, 6.07) is 34.8. The van der Waals surface area contributed by atoms with Gasteiger partial charge in [-0.1, -0.05) is 36.4 Å². The Kier molecular flexibility index (Phi) is 8.31. The summed E-state index contributed by atoms with van der Waals surface area (Å²) in [6.07, 6.45) is 0. The van der Waals surface area contributed by atoms with Crippen LogP contribution in [0.15, 0.2) is 91.0 Å². The number of aryl methyl sites for hydroxylation is 4. The van der Waals surface area contributed by atoms with E-state index in [1.54, 1.807) is 30.3 Å². The largest absolute Gasteiger partial charge is 0.308 e. The lowest BCUT2D eigenvalue weighted by molar-refractivity contribution is 0.924. The van der Waals surface area contributed by atoms with Crippen molar-refractivity contribution < 1.29 is 0 Å². The van der Waals surface area contributed by atoms with Gasteiger partial charge >= 0.3 is 0 Å². The van der Waals surface area contributed by atoms with Crippen molar-refractivity contribution >= 4 is 27.5 Å². The van der Waals surface area contributed by atoms with Crippen molar-refractivity contribution in [1.82, 2.24) is 34.5 Å². The number of nitriles is 3. The van der Waals surface area contributed by atoms with Gasteiger partial charge in [0.15, 0.2) is 17.3 Å². The van der Waals surface area contributed by atoms with Crippen LogP contribution in [-0.2, 0) is 0 Å². The number of benzene rings is 5. The van der Waals surface area contributed by atoms with Crippen molar-refractivity contribution in [2.75, 3.05) is 0 Å². The molecule has 0 spiro atoms. The van der Waals surface area contributed by atoms with Crippen LogP contribution in [0, 0.1) is 68.3 Å². The summed E-state index contributed by atoms with van der Waals surface area (Å²) in [5.41, 5.74) is 8.45. The van der Waals surface area contributed by atoms with Gasteiger partial charge in [0, 0.05) is 27.5 Å². The van der Waals surface area contributed by atoms with Gasteiger partial charge in [-0.2, -0.15) is 15.8 Å². The molecule has 0 amide bonds. The molecule has 0 atom stereocenters. The van der Waals surface area contributed by atoms with Crippen LogP contribution in [0.1, 0.15) is 40.0 Å². The second kappa shape index (κ2) is 13.5. The van der Waals surface area contributed by atoms with Gasteiger partial charge in [-0.15, -0.1) is 0 Å². The molecule has 0 saturated heterocycles. The Hall–Kier alpha value is -8.12. The van der Waals surface area contributed by atoms with Crippen molar-refractivity contribution in [1.29, 1.82) is 15.8 Å². The standard InChI is InChI=1S/C44H27N11/c1-24-49-25(2)52-43(51-24)32-10-15-40(38(18-32)44-53-26(3)50-27(4)54-44)55-41-19-30(34-11-6-28(21-45)16-33(34)23-47)8-13-36(41)37-14-9-31(20-42(37)55)35-12-7-29(22-46)17-39(35)48-5/h6-20H,1-4H3. The maximum Gasteiger partial charge on any atom is 0.196 e. The van der Waals surface area contributed by atoms with Gasteiger partial charge in [0.2, 0.25) is 0 Å². The minimum absolute atomic E-state index is 0.373. The third-order valence-corrected chi connectivity index (χ3v) is 9.36. The van der Waals surface area contributed by atoms with E-state index in [0.717, 1.165) is 44.2 Å². The van der Waals surface area contributed by atoms with Crippen molar-refractivity contribution in [3.05, 3.63) is 142 Å². The van der Waals surface area contributed by atoms with Crippen molar-refractivity contribution in [2.24, 2.45) is 0 Å². The van der Waals surface area contributed by atoms with Gasteiger partial charge in [0.1, 0.15) is 23.3 Å². The van der Waals surface area contributed by atoms with E-state index in [4.69, 9.17) is 16.5 Å². The first kappa shape index (κ1) is 34.0. The summed E-state index contributed by atoms with van der Waals surface area (Å²) in [4.78, 5) is 31.5. The molecule has 11 nitrogen and oxygen atoms in total. The molecule has 0 aliphatic rings. The lowest BCUT2D eigenvalue weighted by Gasteiger charge is -2.16. The summed E-state index contributed by atoms with van der Waals surface area (Å²) in [5.74, 6) is 3.31. The minimum Gasteiger partial charge on any atom is -0.308 e. The predicted octanol–water partition coefficient (Wildman–Crippen LogP) is 9.22. The molecule has 0 N–H and O–H groups in total. The Balaban J connectivity index is 1.48. The Labute approximate surface area is 316 Å². The van der Waals surface area contributed by atoms with Crippen LogP contribution in [0.2, 0.25) is 0 Å². The quantitative estimate of drug-likeness (QED) is 0.159. The number of fused-ring (bicyclic) bond motifs is 3. The molecule has 258 valence electrons. The highest BCUT2D eigenvalue weighted by Crippen LogP contribution is 2.41. The fourth-order valence-corrected chi connectivity index (χ4v) is 7.04. The van der Waals surface area contributed by atoms with Crippen LogP contribution >= 0.6 is 0 Å². The number of nitrogens with zero attached hydrogens (tertiary/aromatic N) is 11. The van der Waals surface area contributed by atoms with Crippen LogP contribution in [0.3, 0.4) is 0 Å². The maximum absolute atomic E-state index is 10.1. The van der Waals surface area contributed by atoms with Crippen LogP contribution in [0.5, 0.6) is 0 Å². The van der Waals surface area contributed by atoms with Gasteiger partial charge in [-0.3, -0.25) is 0 Å². The normalized spacial score (nSPS) is 10.8. The van der Waals surface area contributed by atoms with Crippen molar-refractivity contribution in [3.8, 4) is 68.9 Å². The van der Waals surface area contributed by atoms with Crippen LogP contribution < -0.4 is 0 Å². The first-order chi connectivity index (χ1) is 26.7. The number of hydrogen-bond acceptors (Lipinski definition) is 9. The monoisotopic (exact) mass is 709 g/mol. The number of rotatable bonds is 5. The first-order valence-corrected chi connectivity index (χ1v) is 17.2. The molecule has 8 rings (SSSR count). The average molecular weight is 710 g/mol. The fourth-order valence-electron chi connectivity index (χ4n) is 7.04. The SMILES string of the molecule is [C-]#[N+]c1cc(C#N)ccc1-c1ccc2c3ccc(-c4ccc(C#N)cc4C#N)cc3n(-c3ccc(-c4nc(C)nc(C)n4)cc3-c3nc(C)nc(C)n3)c2c1.